The van der Waals surface area contributed by atoms with Crippen LogP contribution in [-0.4, -0.2) is 27.7 Å². The Balaban J connectivity index is 2.36. The smallest absolute Gasteiger partial charge is 0.238 e. The molecular formula is C15H23NO4S. The topological polar surface area (TPSA) is 78.6 Å². The summed E-state index contributed by atoms with van der Waals surface area (Å²) in [5, 5.41) is 5.22. The summed E-state index contributed by atoms with van der Waals surface area (Å²) in [5.41, 5.74) is 0.613. The number of sulfonamides is 1. The summed E-state index contributed by atoms with van der Waals surface area (Å²) in [6.07, 6.45) is 1.81. The number of hydrogen-bond donors (Lipinski definition) is 1. The lowest BCUT2D eigenvalue weighted by atomic mass is 9.86. The Bertz CT molecular complexity index is 599. The molecule has 1 fully saturated rings. The van der Waals surface area contributed by atoms with Crippen LogP contribution in [0.2, 0.25) is 0 Å². The number of ether oxygens (including phenoxy) is 2. The van der Waals surface area contributed by atoms with Crippen LogP contribution in [0.1, 0.15) is 39.2 Å². The predicted octanol–water partition coefficient (Wildman–Crippen LogP) is 2.19. The van der Waals surface area contributed by atoms with Crippen LogP contribution in [0.4, 0.5) is 0 Å². The van der Waals surface area contributed by atoms with Crippen molar-refractivity contribution >= 4 is 10.0 Å². The zero-order chi connectivity index (χ0) is 15.7. The van der Waals surface area contributed by atoms with Crippen LogP contribution in [0.3, 0.4) is 0 Å². The van der Waals surface area contributed by atoms with E-state index in [9.17, 15) is 8.42 Å². The van der Waals surface area contributed by atoms with Gasteiger partial charge < -0.3 is 9.47 Å². The number of primary sulfonamides is 1. The normalized spacial score (nSPS) is 17.7. The van der Waals surface area contributed by atoms with Crippen molar-refractivity contribution in [3.8, 4) is 5.75 Å². The van der Waals surface area contributed by atoms with Gasteiger partial charge in [0.15, 0.2) is 0 Å². The summed E-state index contributed by atoms with van der Waals surface area (Å²) in [7, 11) is -3.71. The first-order valence-corrected chi connectivity index (χ1v) is 8.64. The van der Waals surface area contributed by atoms with Crippen molar-refractivity contribution in [2.45, 2.75) is 50.0 Å². The van der Waals surface area contributed by atoms with E-state index in [0.717, 1.165) is 24.2 Å². The molecule has 6 heteroatoms. The highest BCUT2D eigenvalue weighted by atomic mass is 32.2. The van der Waals surface area contributed by atoms with Gasteiger partial charge in [-0.15, -0.1) is 0 Å². The third-order valence-electron chi connectivity index (χ3n) is 3.55. The molecule has 0 unspecified atom stereocenters. The molecule has 1 aromatic rings. The molecule has 2 N–H and O–H groups in total. The summed E-state index contributed by atoms with van der Waals surface area (Å²) in [6.45, 7) is 7.46. The Morgan fingerprint density at radius 2 is 1.86 bits per heavy atom. The van der Waals surface area contributed by atoms with E-state index in [1.165, 1.54) is 6.07 Å². The van der Waals surface area contributed by atoms with Crippen molar-refractivity contribution < 1.29 is 17.9 Å². The van der Waals surface area contributed by atoms with E-state index in [0.29, 0.717) is 13.2 Å². The number of nitrogens with two attached hydrogens (primary N) is 1. The van der Waals surface area contributed by atoms with Crippen molar-refractivity contribution in [3.05, 3.63) is 23.8 Å². The van der Waals surface area contributed by atoms with Crippen LogP contribution < -0.4 is 9.88 Å². The monoisotopic (exact) mass is 313 g/mol. The highest BCUT2D eigenvalue weighted by Crippen LogP contribution is 2.34. The Labute approximate surface area is 126 Å². The minimum absolute atomic E-state index is 0.111. The standard InChI is InChI=1S/C15H23NO4S/c1-15(2,3)13-10-12(21(16,17)18)4-5-14(13)20-11-6-8-19-9-7-11/h4-5,10-11H,6-9H2,1-3H3,(H2,16,17,18). The molecule has 0 atom stereocenters. The molecule has 118 valence electrons. The second-order valence-electron chi connectivity index (χ2n) is 6.38. The molecule has 1 heterocycles. The van der Waals surface area contributed by atoms with Crippen molar-refractivity contribution in [3.63, 3.8) is 0 Å². The molecule has 0 aliphatic carbocycles. The molecule has 5 nitrogen and oxygen atoms in total. The van der Waals surface area contributed by atoms with E-state index < -0.39 is 10.0 Å². The van der Waals surface area contributed by atoms with E-state index in [1.54, 1.807) is 12.1 Å². The molecule has 1 aliphatic heterocycles. The summed E-state index contributed by atoms with van der Waals surface area (Å²) in [6, 6.07) is 4.82. The highest BCUT2D eigenvalue weighted by molar-refractivity contribution is 7.89. The van der Waals surface area contributed by atoms with Gasteiger partial charge >= 0.3 is 0 Å². The molecule has 0 amide bonds. The van der Waals surface area contributed by atoms with Crippen LogP contribution in [0.15, 0.2) is 23.1 Å². The van der Waals surface area contributed by atoms with E-state index in [4.69, 9.17) is 14.6 Å². The Morgan fingerprint density at radius 1 is 1.24 bits per heavy atom. The van der Waals surface area contributed by atoms with E-state index in [1.807, 2.05) is 20.8 Å². The first-order valence-electron chi connectivity index (χ1n) is 7.09. The lowest BCUT2D eigenvalue weighted by Gasteiger charge is -2.28. The molecule has 1 saturated heterocycles. The van der Waals surface area contributed by atoms with Crippen LogP contribution in [0, 0.1) is 0 Å². The van der Waals surface area contributed by atoms with Crippen LogP contribution in [0.5, 0.6) is 5.75 Å². The van der Waals surface area contributed by atoms with Gasteiger partial charge in [-0.1, -0.05) is 20.8 Å². The largest absolute Gasteiger partial charge is 0.490 e. The molecule has 1 aromatic carbocycles. The second kappa shape index (κ2) is 5.94. The van der Waals surface area contributed by atoms with Crippen molar-refractivity contribution in [2.75, 3.05) is 13.2 Å². The molecular weight excluding hydrogens is 290 g/mol. The van der Waals surface area contributed by atoms with Gasteiger partial charge in [0.05, 0.1) is 18.1 Å². The van der Waals surface area contributed by atoms with Gasteiger partial charge in [0, 0.05) is 18.4 Å². The lowest BCUT2D eigenvalue weighted by molar-refractivity contribution is 0.0248. The van der Waals surface area contributed by atoms with Gasteiger partial charge in [-0.3, -0.25) is 0 Å². The Hall–Kier alpha value is -1.11. The maximum absolute atomic E-state index is 11.5. The summed E-state index contributed by atoms with van der Waals surface area (Å²) >= 11 is 0. The Kier molecular flexibility index (Phi) is 4.60. The SMILES string of the molecule is CC(C)(C)c1cc(S(N)(=O)=O)ccc1OC1CCOCC1. The quantitative estimate of drug-likeness (QED) is 0.927. The summed E-state index contributed by atoms with van der Waals surface area (Å²) < 4.78 is 34.5. The minimum atomic E-state index is -3.71. The summed E-state index contributed by atoms with van der Waals surface area (Å²) in [4.78, 5) is 0.117. The first kappa shape index (κ1) is 16.3. The zero-order valence-electron chi connectivity index (χ0n) is 12.8. The molecule has 1 aliphatic rings. The fourth-order valence-electron chi connectivity index (χ4n) is 2.35. The third-order valence-corrected chi connectivity index (χ3v) is 4.46. The molecule has 0 spiro atoms. The van der Waals surface area contributed by atoms with Crippen LogP contribution >= 0.6 is 0 Å². The Morgan fingerprint density at radius 3 is 2.38 bits per heavy atom. The van der Waals surface area contributed by atoms with E-state index >= 15 is 0 Å². The molecule has 0 aromatic heterocycles. The number of hydrogen-bond acceptors (Lipinski definition) is 4. The summed E-state index contributed by atoms with van der Waals surface area (Å²) in [5.74, 6) is 0.724. The molecule has 21 heavy (non-hydrogen) atoms. The molecule has 0 radical (unpaired) electrons. The fraction of sp³-hybridized carbons (Fsp3) is 0.600. The highest BCUT2D eigenvalue weighted by Gasteiger charge is 2.24. The fourth-order valence-corrected chi connectivity index (χ4v) is 2.89. The molecule has 2 rings (SSSR count). The molecule has 0 bridgehead atoms. The van der Waals surface area contributed by atoms with Crippen LogP contribution in [-0.2, 0) is 20.2 Å². The maximum Gasteiger partial charge on any atom is 0.238 e. The van der Waals surface area contributed by atoms with E-state index in [-0.39, 0.29) is 16.4 Å². The van der Waals surface area contributed by atoms with Gasteiger partial charge in [0.2, 0.25) is 10.0 Å². The van der Waals surface area contributed by atoms with E-state index in [2.05, 4.69) is 0 Å². The van der Waals surface area contributed by atoms with Gasteiger partial charge in [-0.25, -0.2) is 13.6 Å². The molecule has 0 saturated carbocycles. The van der Waals surface area contributed by atoms with Gasteiger partial charge in [0.1, 0.15) is 11.9 Å². The lowest BCUT2D eigenvalue weighted by Crippen LogP contribution is -2.27. The van der Waals surface area contributed by atoms with Crippen molar-refractivity contribution in [1.29, 1.82) is 0 Å². The average Bonchev–Trinajstić information content (AvgIpc) is 2.38. The van der Waals surface area contributed by atoms with Gasteiger partial charge in [-0.2, -0.15) is 0 Å². The van der Waals surface area contributed by atoms with Gasteiger partial charge in [-0.05, 0) is 23.6 Å². The van der Waals surface area contributed by atoms with Gasteiger partial charge in [0.25, 0.3) is 0 Å². The zero-order valence-corrected chi connectivity index (χ0v) is 13.6. The minimum Gasteiger partial charge on any atom is -0.490 e. The van der Waals surface area contributed by atoms with Crippen molar-refractivity contribution in [1.82, 2.24) is 0 Å². The second-order valence-corrected chi connectivity index (χ2v) is 7.94. The average molecular weight is 313 g/mol. The number of benzene rings is 1. The van der Waals surface area contributed by atoms with Crippen LogP contribution in [0.25, 0.3) is 0 Å². The predicted molar refractivity (Wildman–Crippen MR) is 81.0 cm³/mol. The van der Waals surface area contributed by atoms with Crippen molar-refractivity contribution in [2.24, 2.45) is 5.14 Å². The number of rotatable bonds is 3. The first-order chi connectivity index (χ1) is 9.68. The third kappa shape index (κ3) is 4.18. The maximum atomic E-state index is 11.5.